The highest BCUT2D eigenvalue weighted by atomic mass is 35.5. The van der Waals surface area contributed by atoms with Crippen LogP contribution in [0.25, 0.3) is 11.1 Å². The summed E-state index contributed by atoms with van der Waals surface area (Å²) in [6, 6.07) is 18.5. The second kappa shape index (κ2) is 8.05. The van der Waals surface area contributed by atoms with Crippen LogP contribution in [0.1, 0.15) is 17.4 Å². The summed E-state index contributed by atoms with van der Waals surface area (Å²) < 4.78 is 1.69. The largest absolute Gasteiger partial charge is 0.347 e. The van der Waals surface area contributed by atoms with Gasteiger partial charge in [-0.1, -0.05) is 53.5 Å². The fourth-order valence-electron chi connectivity index (χ4n) is 3.26. The van der Waals surface area contributed by atoms with Crippen LogP contribution in [-0.2, 0) is 6.42 Å². The zero-order chi connectivity index (χ0) is 19.5. The van der Waals surface area contributed by atoms with Gasteiger partial charge in [0.15, 0.2) is 0 Å². The number of rotatable bonds is 5. The number of hydrogen-bond acceptors (Lipinski definition) is 2. The van der Waals surface area contributed by atoms with E-state index < -0.39 is 0 Å². The van der Waals surface area contributed by atoms with Crippen molar-refractivity contribution in [3.63, 3.8) is 0 Å². The predicted molar refractivity (Wildman–Crippen MR) is 113 cm³/mol. The van der Waals surface area contributed by atoms with Crippen molar-refractivity contribution < 1.29 is 0 Å². The van der Waals surface area contributed by atoms with Gasteiger partial charge in [-0.2, -0.15) is 0 Å². The van der Waals surface area contributed by atoms with Crippen molar-refractivity contribution in [3.8, 4) is 11.1 Å². The number of pyridine rings is 1. The monoisotopic (exact) mass is 409 g/mol. The SMILES string of the molecule is O=c1cc(-c2cc(Cl)ccc2Cl)ccn1C(Cc1ccccc1)c1ncc[nH]1. The van der Waals surface area contributed by atoms with Gasteiger partial charge in [-0.15, -0.1) is 0 Å². The van der Waals surface area contributed by atoms with Gasteiger partial charge in [0.2, 0.25) is 0 Å². The second-order valence-corrected chi connectivity index (χ2v) is 7.31. The molecule has 4 rings (SSSR count). The molecule has 0 amide bonds. The van der Waals surface area contributed by atoms with Crippen molar-refractivity contribution in [3.05, 3.63) is 111 Å². The van der Waals surface area contributed by atoms with Crippen molar-refractivity contribution >= 4 is 23.2 Å². The highest BCUT2D eigenvalue weighted by molar-refractivity contribution is 6.35. The Kier molecular flexibility index (Phi) is 5.33. The Balaban J connectivity index is 1.75. The van der Waals surface area contributed by atoms with Crippen molar-refractivity contribution in [2.24, 2.45) is 0 Å². The zero-order valence-electron chi connectivity index (χ0n) is 14.8. The van der Waals surface area contributed by atoms with E-state index in [1.165, 1.54) is 0 Å². The molecule has 0 spiro atoms. The van der Waals surface area contributed by atoms with Crippen LogP contribution >= 0.6 is 23.2 Å². The van der Waals surface area contributed by atoms with Crippen LogP contribution in [0.3, 0.4) is 0 Å². The minimum absolute atomic E-state index is 0.133. The van der Waals surface area contributed by atoms with Crippen LogP contribution in [-0.4, -0.2) is 14.5 Å². The topological polar surface area (TPSA) is 50.7 Å². The fourth-order valence-corrected chi connectivity index (χ4v) is 3.66. The lowest BCUT2D eigenvalue weighted by Gasteiger charge is -2.19. The molecule has 1 unspecified atom stereocenters. The van der Waals surface area contributed by atoms with E-state index in [9.17, 15) is 4.79 Å². The summed E-state index contributed by atoms with van der Waals surface area (Å²) in [5, 5.41) is 1.12. The minimum Gasteiger partial charge on any atom is -0.347 e. The molecule has 4 nitrogen and oxygen atoms in total. The summed E-state index contributed by atoms with van der Waals surface area (Å²) in [7, 11) is 0. The molecule has 0 aliphatic carbocycles. The standard InChI is InChI=1S/C22H17Cl2N3O/c23-17-6-7-19(24)18(14-17)16-8-11-27(21(28)13-16)20(22-25-9-10-26-22)12-15-4-2-1-3-5-15/h1-11,13-14,20H,12H2,(H,25,26). The average Bonchev–Trinajstić information content (AvgIpc) is 3.24. The summed E-state index contributed by atoms with van der Waals surface area (Å²) in [6.45, 7) is 0. The Morgan fingerprint density at radius 3 is 2.57 bits per heavy atom. The first-order valence-corrected chi connectivity index (χ1v) is 9.58. The molecule has 1 atom stereocenters. The van der Waals surface area contributed by atoms with E-state index in [1.807, 2.05) is 36.4 Å². The molecule has 2 heterocycles. The van der Waals surface area contributed by atoms with E-state index in [1.54, 1.807) is 47.4 Å². The Morgan fingerprint density at radius 1 is 1.04 bits per heavy atom. The first-order valence-electron chi connectivity index (χ1n) is 8.82. The lowest BCUT2D eigenvalue weighted by molar-refractivity contribution is 0.536. The average molecular weight is 410 g/mol. The normalized spacial score (nSPS) is 12.1. The lowest BCUT2D eigenvalue weighted by Crippen LogP contribution is -2.26. The van der Waals surface area contributed by atoms with Crippen molar-refractivity contribution in [2.75, 3.05) is 0 Å². The third-order valence-corrected chi connectivity index (χ3v) is 5.19. The maximum Gasteiger partial charge on any atom is 0.251 e. The summed E-state index contributed by atoms with van der Waals surface area (Å²) in [5.41, 5.74) is 2.45. The van der Waals surface area contributed by atoms with Gasteiger partial charge in [0.25, 0.3) is 5.56 Å². The number of halogens is 2. The maximum atomic E-state index is 13.0. The molecule has 0 saturated carbocycles. The van der Waals surface area contributed by atoms with E-state index in [0.29, 0.717) is 16.5 Å². The molecule has 28 heavy (non-hydrogen) atoms. The van der Waals surface area contributed by atoms with E-state index in [2.05, 4.69) is 9.97 Å². The molecule has 0 fully saturated rings. The lowest BCUT2D eigenvalue weighted by atomic mass is 10.0. The molecule has 4 aromatic rings. The molecule has 6 heteroatoms. The molecule has 0 radical (unpaired) electrons. The van der Waals surface area contributed by atoms with Crippen molar-refractivity contribution in [2.45, 2.75) is 12.5 Å². The first-order chi connectivity index (χ1) is 13.6. The van der Waals surface area contributed by atoms with Crippen molar-refractivity contribution in [1.29, 1.82) is 0 Å². The molecule has 2 aromatic heterocycles. The van der Waals surface area contributed by atoms with Crippen LogP contribution in [0, 0.1) is 0 Å². The Labute approximate surface area is 172 Å². The summed E-state index contributed by atoms with van der Waals surface area (Å²) in [4.78, 5) is 20.5. The molecule has 140 valence electrons. The number of aromatic amines is 1. The number of nitrogens with zero attached hydrogens (tertiary/aromatic N) is 2. The second-order valence-electron chi connectivity index (χ2n) is 6.47. The van der Waals surface area contributed by atoms with Crippen molar-refractivity contribution in [1.82, 2.24) is 14.5 Å². The van der Waals surface area contributed by atoms with Gasteiger partial charge in [0.1, 0.15) is 5.82 Å². The van der Waals surface area contributed by atoms with E-state index >= 15 is 0 Å². The summed E-state index contributed by atoms with van der Waals surface area (Å²) in [6.07, 6.45) is 5.88. The van der Waals surface area contributed by atoms with Gasteiger partial charge >= 0.3 is 0 Å². The number of imidazole rings is 1. The van der Waals surface area contributed by atoms with Crippen LogP contribution in [0.5, 0.6) is 0 Å². The van der Waals surface area contributed by atoms with Crippen LogP contribution < -0.4 is 5.56 Å². The van der Waals surface area contributed by atoms with Gasteiger partial charge < -0.3 is 9.55 Å². The van der Waals surface area contributed by atoms with Gasteiger partial charge in [-0.25, -0.2) is 4.98 Å². The number of benzene rings is 2. The maximum absolute atomic E-state index is 13.0. The fraction of sp³-hybridized carbons (Fsp3) is 0.0909. The number of aromatic nitrogens is 3. The number of H-pyrrole nitrogens is 1. The number of hydrogen-bond donors (Lipinski definition) is 1. The molecular formula is C22H17Cl2N3O. The molecule has 1 N–H and O–H groups in total. The first kappa shape index (κ1) is 18.5. The minimum atomic E-state index is -0.242. The van der Waals surface area contributed by atoms with E-state index in [0.717, 1.165) is 22.5 Å². The van der Waals surface area contributed by atoms with E-state index in [-0.39, 0.29) is 11.6 Å². The van der Waals surface area contributed by atoms with Crippen LogP contribution in [0.15, 0.2) is 84.0 Å². The van der Waals surface area contributed by atoms with Crippen LogP contribution in [0.2, 0.25) is 10.0 Å². The predicted octanol–water partition coefficient (Wildman–Crippen LogP) is 5.38. The van der Waals surface area contributed by atoms with Gasteiger partial charge in [-0.3, -0.25) is 4.79 Å². The molecule has 0 bridgehead atoms. The Bertz CT molecular complexity index is 1140. The molecule has 0 aliphatic heterocycles. The Morgan fingerprint density at radius 2 is 1.86 bits per heavy atom. The Hall–Kier alpha value is -2.82. The summed E-state index contributed by atoms with van der Waals surface area (Å²) >= 11 is 12.4. The molecule has 2 aromatic carbocycles. The summed E-state index contributed by atoms with van der Waals surface area (Å²) in [5.74, 6) is 0.736. The third kappa shape index (κ3) is 3.88. The highest BCUT2D eigenvalue weighted by Crippen LogP contribution is 2.30. The third-order valence-electron chi connectivity index (χ3n) is 4.63. The molecule has 0 aliphatic rings. The van der Waals surface area contributed by atoms with Crippen LogP contribution in [0.4, 0.5) is 0 Å². The quantitative estimate of drug-likeness (QED) is 0.481. The van der Waals surface area contributed by atoms with Gasteiger partial charge in [0.05, 0.1) is 6.04 Å². The molecule has 0 saturated heterocycles. The molecular weight excluding hydrogens is 393 g/mol. The smallest absolute Gasteiger partial charge is 0.251 e. The highest BCUT2D eigenvalue weighted by Gasteiger charge is 2.19. The zero-order valence-corrected chi connectivity index (χ0v) is 16.4. The van der Waals surface area contributed by atoms with E-state index in [4.69, 9.17) is 23.2 Å². The number of nitrogens with one attached hydrogen (secondary N) is 1. The van der Waals surface area contributed by atoms with Gasteiger partial charge in [0, 0.05) is 46.7 Å². The van der Waals surface area contributed by atoms with Gasteiger partial charge in [-0.05, 0) is 35.4 Å².